The second-order valence-corrected chi connectivity index (χ2v) is 4.44. The van der Waals surface area contributed by atoms with E-state index in [0.717, 1.165) is 17.2 Å². The second kappa shape index (κ2) is 5.27. The molecule has 0 saturated carbocycles. The first-order chi connectivity index (χ1) is 8.56. The zero-order chi connectivity index (χ0) is 13.1. The molecule has 18 heavy (non-hydrogen) atoms. The predicted octanol–water partition coefficient (Wildman–Crippen LogP) is 3.52. The van der Waals surface area contributed by atoms with Gasteiger partial charge in [-0.2, -0.15) is 0 Å². The molecular formula is C15H15F2N. The van der Waals surface area contributed by atoms with Crippen molar-refractivity contribution in [2.75, 3.05) is 0 Å². The molecule has 94 valence electrons. The highest BCUT2D eigenvalue weighted by Gasteiger charge is 2.10. The van der Waals surface area contributed by atoms with E-state index < -0.39 is 11.6 Å². The van der Waals surface area contributed by atoms with Crippen molar-refractivity contribution in [3.05, 3.63) is 70.8 Å². The molecule has 2 aromatic carbocycles. The number of nitrogens with two attached hydrogens (primary N) is 1. The van der Waals surface area contributed by atoms with Gasteiger partial charge in [0.1, 0.15) is 11.6 Å². The van der Waals surface area contributed by atoms with E-state index in [1.807, 2.05) is 31.2 Å². The van der Waals surface area contributed by atoms with Crippen LogP contribution in [0.25, 0.3) is 0 Å². The average molecular weight is 247 g/mol. The number of hydrogen-bond donors (Lipinski definition) is 1. The molecule has 2 rings (SSSR count). The lowest BCUT2D eigenvalue weighted by atomic mass is 9.96. The summed E-state index contributed by atoms with van der Waals surface area (Å²) in [7, 11) is 0. The molecule has 0 spiro atoms. The Hall–Kier alpha value is -1.74. The van der Waals surface area contributed by atoms with Gasteiger partial charge in [0.05, 0.1) is 0 Å². The molecule has 2 aromatic rings. The van der Waals surface area contributed by atoms with Crippen molar-refractivity contribution in [1.82, 2.24) is 0 Å². The van der Waals surface area contributed by atoms with E-state index in [0.29, 0.717) is 12.0 Å². The minimum Gasteiger partial charge on any atom is -0.324 e. The van der Waals surface area contributed by atoms with E-state index in [-0.39, 0.29) is 6.04 Å². The first-order valence-corrected chi connectivity index (χ1v) is 5.82. The molecule has 0 aromatic heterocycles. The highest BCUT2D eigenvalue weighted by atomic mass is 19.1. The van der Waals surface area contributed by atoms with Gasteiger partial charge in [-0.25, -0.2) is 8.78 Å². The molecule has 0 saturated heterocycles. The van der Waals surface area contributed by atoms with Crippen LogP contribution >= 0.6 is 0 Å². The summed E-state index contributed by atoms with van der Waals surface area (Å²) in [6.45, 7) is 1.97. The summed E-state index contributed by atoms with van der Waals surface area (Å²) in [5.74, 6) is -1.14. The Labute approximate surface area is 105 Å². The van der Waals surface area contributed by atoms with Crippen LogP contribution < -0.4 is 5.73 Å². The SMILES string of the molecule is Cc1ccccc1C(N)Cc1cc(F)cc(F)c1. The molecule has 0 bridgehead atoms. The van der Waals surface area contributed by atoms with E-state index >= 15 is 0 Å². The average Bonchev–Trinajstić information content (AvgIpc) is 2.27. The Morgan fingerprint density at radius 3 is 2.28 bits per heavy atom. The summed E-state index contributed by atoms with van der Waals surface area (Å²) < 4.78 is 26.2. The maximum atomic E-state index is 13.1. The van der Waals surface area contributed by atoms with Gasteiger partial charge in [0.15, 0.2) is 0 Å². The molecule has 0 radical (unpaired) electrons. The van der Waals surface area contributed by atoms with Gasteiger partial charge in [-0.05, 0) is 42.2 Å². The molecule has 0 aliphatic rings. The summed E-state index contributed by atoms with van der Waals surface area (Å²) in [6, 6.07) is 11.0. The van der Waals surface area contributed by atoms with Gasteiger partial charge in [-0.15, -0.1) is 0 Å². The van der Waals surface area contributed by atoms with Crippen molar-refractivity contribution >= 4 is 0 Å². The molecule has 0 aliphatic carbocycles. The lowest BCUT2D eigenvalue weighted by molar-refractivity contribution is 0.576. The largest absolute Gasteiger partial charge is 0.324 e. The van der Waals surface area contributed by atoms with Gasteiger partial charge in [0.2, 0.25) is 0 Å². The Bertz CT molecular complexity index is 532. The highest BCUT2D eigenvalue weighted by molar-refractivity contribution is 5.30. The molecule has 3 heteroatoms. The van der Waals surface area contributed by atoms with E-state index in [2.05, 4.69) is 0 Å². The standard InChI is InChI=1S/C15H15F2N/c1-10-4-2-3-5-14(10)15(18)8-11-6-12(16)9-13(17)7-11/h2-7,9,15H,8,18H2,1H3. The number of aryl methyl sites for hydroxylation is 1. The highest BCUT2D eigenvalue weighted by Crippen LogP contribution is 2.20. The summed E-state index contributed by atoms with van der Waals surface area (Å²) in [4.78, 5) is 0. The van der Waals surface area contributed by atoms with Crippen LogP contribution in [0, 0.1) is 18.6 Å². The molecule has 1 atom stereocenters. The Morgan fingerprint density at radius 1 is 1.06 bits per heavy atom. The summed E-state index contributed by atoms with van der Waals surface area (Å²) >= 11 is 0. The minimum atomic E-state index is -0.568. The monoisotopic (exact) mass is 247 g/mol. The smallest absolute Gasteiger partial charge is 0.126 e. The zero-order valence-corrected chi connectivity index (χ0v) is 10.2. The maximum absolute atomic E-state index is 13.1. The molecule has 1 nitrogen and oxygen atoms in total. The van der Waals surface area contributed by atoms with E-state index in [4.69, 9.17) is 5.73 Å². The van der Waals surface area contributed by atoms with Crippen molar-refractivity contribution in [2.45, 2.75) is 19.4 Å². The third-order valence-corrected chi connectivity index (χ3v) is 2.97. The first kappa shape index (κ1) is 12.7. The molecule has 2 N–H and O–H groups in total. The third-order valence-electron chi connectivity index (χ3n) is 2.97. The fraction of sp³-hybridized carbons (Fsp3) is 0.200. The third kappa shape index (κ3) is 2.93. The van der Waals surface area contributed by atoms with Crippen LogP contribution in [0.2, 0.25) is 0 Å². The molecular weight excluding hydrogens is 232 g/mol. The Kier molecular flexibility index (Phi) is 3.72. The van der Waals surface area contributed by atoms with Crippen LogP contribution in [-0.4, -0.2) is 0 Å². The topological polar surface area (TPSA) is 26.0 Å². The van der Waals surface area contributed by atoms with Crippen molar-refractivity contribution < 1.29 is 8.78 Å². The van der Waals surface area contributed by atoms with Gasteiger partial charge in [0, 0.05) is 12.1 Å². The number of benzene rings is 2. The second-order valence-electron chi connectivity index (χ2n) is 4.44. The van der Waals surface area contributed by atoms with Crippen molar-refractivity contribution in [3.63, 3.8) is 0 Å². The van der Waals surface area contributed by atoms with Gasteiger partial charge in [-0.1, -0.05) is 24.3 Å². The van der Waals surface area contributed by atoms with Crippen LogP contribution in [0.3, 0.4) is 0 Å². The van der Waals surface area contributed by atoms with Gasteiger partial charge < -0.3 is 5.73 Å². The van der Waals surface area contributed by atoms with Crippen LogP contribution in [0.1, 0.15) is 22.7 Å². The van der Waals surface area contributed by atoms with E-state index in [1.54, 1.807) is 0 Å². The predicted molar refractivity (Wildman–Crippen MR) is 68.2 cm³/mol. The number of hydrogen-bond acceptors (Lipinski definition) is 1. The number of rotatable bonds is 3. The molecule has 0 heterocycles. The van der Waals surface area contributed by atoms with Crippen LogP contribution in [-0.2, 0) is 6.42 Å². The quantitative estimate of drug-likeness (QED) is 0.882. The van der Waals surface area contributed by atoms with Crippen molar-refractivity contribution in [1.29, 1.82) is 0 Å². The fourth-order valence-electron chi connectivity index (χ4n) is 2.10. The van der Waals surface area contributed by atoms with Gasteiger partial charge in [0.25, 0.3) is 0 Å². The zero-order valence-electron chi connectivity index (χ0n) is 10.2. The van der Waals surface area contributed by atoms with Gasteiger partial charge >= 0.3 is 0 Å². The number of halogens is 2. The van der Waals surface area contributed by atoms with Crippen molar-refractivity contribution in [2.24, 2.45) is 5.73 Å². The maximum Gasteiger partial charge on any atom is 0.126 e. The fourth-order valence-corrected chi connectivity index (χ4v) is 2.10. The van der Waals surface area contributed by atoms with Crippen LogP contribution in [0.5, 0.6) is 0 Å². The summed E-state index contributed by atoms with van der Waals surface area (Å²) in [5, 5.41) is 0. The van der Waals surface area contributed by atoms with Gasteiger partial charge in [-0.3, -0.25) is 0 Å². The van der Waals surface area contributed by atoms with E-state index in [9.17, 15) is 8.78 Å². The summed E-state index contributed by atoms with van der Waals surface area (Å²) in [5.41, 5.74) is 8.74. The first-order valence-electron chi connectivity index (χ1n) is 5.82. The Balaban J connectivity index is 2.21. The molecule has 0 amide bonds. The summed E-state index contributed by atoms with van der Waals surface area (Å²) in [6.07, 6.45) is 0.416. The van der Waals surface area contributed by atoms with Crippen LogP contribution in [0.4, 0.5) is 8.78 Å². The Morgan fingerprint density at radius 2 is 1.67 bits per heavy atom. The van der Waals surface area contributed by atoms with E-state index in [1.165, 1.54) is 12.1 Å². The molecule has 0 fully saturated rings. The lowest BCUT2D eigenvalue weighted by Gasteiger charge is -2.14. The molecule has 0 aliphatic heterocycles. The molecule has 1 unspecified atom stereocenters. The van der Waals surface area contributed by atoms with Crippen molar-refractivity contribution in [3.8, 4) is 0 Å². The minimum absolute atomic E-state index is 0.257. The van der Waals surface area contributed by atoms with Crippen LogP contribution in [0.15, 0.2) is 42.5 Å². The lowest BCUT2D eigenvalue weighted by Crippen LogP contribution is -2.14. The normalized spacial score (nSPS) is 12.4.